The zero-order valence-corrected chi connectivity index (χ0v) is 23.9. The Hall–Kier alpha value is -4.97. The van der Waals surface area contributed by atoms with Gasteiger partial charge in [0, 0.05) is 69.9 Å². The molecule has 6 heteroatoms. The van der Waals surface area contributed by atoms with Crippen molar-refractivity contribution in [3.8, 4) is 0 Å². The molecule has 6 nitrogen and oxygen atoms in total. The number of nitrogens with zero attached hydrogens (tertiary/aromatic N) is 2. The molecule has 2 atom stereocenters. The van der Waals surface area contributed by atoms with E-state index in [4.69, 9.17) is 0 Å². The molecule has 3 heterocycles. The molecule has 5 aromatic rings. The summed E-state index contributed by atoms with van der Waals surface area (Å²) in [5, 5.41) is 8.77. The Morgan fingerprint density at radius 3 is 2.45 bits per heavy atom. The number of benzene rings is 3. The highest BCUT2D eigenvalue weighted by Crippen LogP contribution is 2.46. The minimum Gasteiger partial charge on any atom is -0.362 e. The molecule has 42 heavy (non-hydrogen) atoms. The smallest absolute Gasteiger partial charge is 0.255 e. The van der Waals surface area contributed by atoms with Crippen LogP contribution in [0.25, 0.3) is 21.8 Å². The van der Waals surface area contributed by atoms with Gasteiger partial charge in [0.15, 0.2) is 5.78 Å². The van der Waals surface area contributed by atoms with Crippen molar-refractivity contribution >= 4 is 39.3 Å². The number of carbonyl (C=O) groups is 2. The number of amides is 1. The maximum atomic E-state index is 14.1. The van der Waals surface area contributed by atoms with E-state index in [1.165, 1.54) is 0 Å². The maximum absolute atomic E-state index is 14.1. The Kier molecular flexibility index (Phi) is 6.27. The summed E-state index contributed by atoms with van der Waals surface area (Å²) in [6.07, 6.45) is 2.81. The van der Waals surface area contributed by atoms with Gasteiger partial charge < -0.3 is 15.2 Å². The molecule has 1 amide bonds. The van der Waals surface area contributed by atoms with Crippen molar-refractivity contribution in [1.29, 1.82) is 0 Å². The molecular weight excluding hydrogens is 520 g/mol. The SMILES string of the molecule is CC1=C(C(=O)Nc2cc(C)ccn2)C(c2ccc3c(c2)c2ccccc2n3C)C2=C(CC(c3ccccc3)CC2=O)N1. The molecule has 2 N–H and O–H groups in total. The van der Waals surface area contributed by atoms with Crippen LogP contribution >= 0.6 is 0 Å². The van der Waals surface area contributed by atoms with Crippen molar-refractivity contribution < 1.29 is 9.59 Å². The second-order valence-corrected chi connectivity index (χ2v) is 11.5. The van der Waals surface area contributed by atoms with Crippen LogP contribution in [0, 0.1) is 6.92 Å². The zero-order chi connectivity index (χ0) is 29.0. The first kappa shape index (κ1) is 26.0. The zero-order valence-electron chi connectivity index (χ0n) is 23.9. The average Bonchev–Trinajstić information content (AvgIpc) is 3.28. The molecule has 1 aliphatic heterocycles. The summed E-state index contributed by atoms with van der Waals surface area (Å²) in [6, 6.07) is 28.7. The fourth-order valence-electron chi connectivity index (χ4n) is 6.79. The minimum absolute atomic E-state index is 0.0760. The van der Waals surface area contributed by atoms with Gasteiger partial charge in [0.1, 0.15) is 5.82 Å². The number of para-hydroxylation sites is 1. The largest absolute Gasteiger partial charge is 0.362 e. The van der Waals surface area contributed by atoms with Crippen molar-refractivity contribution in [2.24, 2.45) is 7.05 Å². The lowest BCUT2D eigenvalue weighted by Crippen LogP contribution is -2.37. The van der Waals surface area contributed by atoms with Crippen molar-refractivity contribution in [3.05, 3.63) is 130 Å². The van der Waals surface area contributed by atoms with Crippen molar-refractivity contribution in [3.63, 3.8) is 0 Å². The second kappa shape index (κ2) is 10.1. The van der Waals surface area contributed by atoms with Crippen LogP contribution < -0.4 is 10.6 Å². The highest BCUT2D eigenvalue weighted by Gasteiger charge is 2.41. The molecule has 0 fully saturated rings. The Bertz CT molecular complexity index is 1960. The van der Waals surface area contributed by atoms with E-state index in [-0.39, 0.29) is 17.6 Å². The number of anilines is 1. The fraction of sp³-hybridized carbons (Fsp3) is 0.194. The predicted molar refractivity (Wildman–Crippen MR) is 167 cm³/mol. The van der Waals surface area contributed by atoms with Crippen molar-refractivity contribution in [2.75, 3.05) is 5.32 Å². The van der Waals surface area contributed by atoms with Crippen LogP contribution in [-0.2, 0) is 16.6 Å². The summed E-state index contributed by atoms with van der Waals surface area (Å²) in [4.78, 5) is 32.5. The van der Waals surface area contributed by atoms with E-state index >= 15 is 0 Å². The number of hydrogen-bond donors (Lipinski definition) is 2. The van der Waals surface area contributed by atoms with E-state index in [1.807, 2.05) is 56.3 Å². The molecule has 1 aliphatic carbocycles. The van der Waals surface area contributed by atoms with E-state index < -0.39 is 5.92 Å². The van der Waals surface area contributed by atoms with E-state index in [2.05, 4.69) is 69.7 Å². The van der Waals surface area contributed by atoms with Crippen LogP contribution in [0.2, 0.25) is 0 Å². The fourth-order valence-corrected chi connectivity index (χ4v) is 6.79. The lowest BCUT2D eigenvalue weighted by molar-refractivity contribution is -0.116. The number of aryl methyl sites for hydroxylation is 2. The van der Waals surface area contributed by atoms with Gasteiger partial charge in [-0.3, -0.25) is 9.59 Å². The molecule has 2 aromatic heterocycles. The van der Waals surface area contributed by atoms with Gasteiger partial charge in [-0.15, -0.1) is 0 Å². The quantitative estimate of drug-likeness (QED) is 0.251. The van der Waals surface area contributed by atoms with Gasteiger partial charge in [0.05, 0.1) is 0 Å². The summed E-state index contributed by atoms with van der Waals surface area (Å²) < 4.78 is 2.19. The summed E-state index contributed by atoms with van der Waals surface area (Å²) in [5.41, 5.74) is 8.24. The Morgan fingerprint density at radius 2 is 1.64 bits per heavy atom. The number of rotatable bonds is 4. The van der Waals surface area contributed by atoms with Crippen molar-refractivity contribution in [1.82, 2.24) is 14.9 Å². The lowest BCUT2D eigenvalue weighted by atomic mass is 9.71. The number of fused-ring (bicyclic) bond motifs is 3. The lowest BCUT2D eigenvalue weighted by Gasteiger charge is -2.37. The Balaban J connectivity index is 1.38. The number of carbonyl (C=O) groups excluding carboxylic acids is 2. The highest BCUT2D eigenvalue weighted by atomic mass is 16.2. The normalized spacial score (nSPS) is 18.8. The van der Waals surface area contributed by atoms with Crippen LogP contribution in [0.1, 0.15) is 48.3 Å². The summed E-state index contributed by atoms with van der Waals surface area (Å²) in [5.74, 6) is -0.107. The molecule has 208 valence electrons. The number of hydrogen-bond acceptors (Lipinski definition) is 4. The number of dihydropyridines is 1. The second-order valence-electron chi connectivity index (χ2n) is 11.5. The Morgan fingerprint density at radius 1 is 0.881 bits per heavy atom. The maximum Gasteiger partial charge on any atom is 0.255 e. The molecule has 0 radical (unpaired) electrons. The monoisotopic (exact) mass is 552 g/mol. The van der Waals surface area contributed by atoms with E-state index in [9.17, 15) is 9.59 Å². The van der Waals surface area contributed by atoms with E-state index in [0.29, 0.717) is 29.8 Å². The minimum atomic E-state index is -0.501. The predicted octanol–water partition coefficient (Wildman–Crippen LogP) is 7.04. The van der Waals surface area contributed by atoms with Gasteiger partial charge in [-0.1, -0.05) is 54.6 Å². The van der Waals surface area contributed by atoms with Crippen molar-refractivity contribution in [2.45, 2.75) is 38.5 Å². The molecule has 0 saturated carbocycles. The summed E-state index contributed by atoms with van der Waals surface area (Å²) in [7, 11) is 2.07. The van der Waals surface area contributed by atoms with Crippen LogP contribution in [-0.4, -0.2) is 21.2 Å². The standard InChI is InChI=1S/C36H32N4O2/c1-21-15-16-37-32(17-21)39-36(42)33-22(2)38-28-19-25(23-9-5-4-6-10-23)20-31(41)35(28)34(33)24-13-14-30-27(18-24)26-11-7-8-12-29(26)40(30)3/h4-18,25,34,38H,19-20H2,1-3H3,(H,37,39,42). The third-order valence-electron chi connectivity index (χ3n) is 8.77. The number of nitrogens with one attached hydrogen (secondary N) is 2. The van der Waals surface area contributed by atoms with Gasteiger partial charge in [0.2, 0.25) is 0 Å². The molecule has 0 saturated heterocycles. The number of aromatic nitrogens is 2. The number of pyridine rings is 1. The highest BCUT2D eigenvalue weighted by molar-refractivity contribution is 6.11. The van der Waals surface area contributed by atoms with Gasteiger partial charge in [-0.2, -0.15) is 0 Å². The molecule has 2 aliphatic rings. The van der Waals surface area contributed by atoms with Gasteiger partial charge in [-0.05, 0) is 73.2 Å². The third-order valence-corrected chi connectivity index (χ3v) is 8.77. The van der Waals surface area contributed by atoms with Gasteiger partial charge in [0.25, 0.3) is 5.91 Å². The molecular formula is C36H32N4O2. The molecule has 0 bridgehead atoms. The van der Waals surface area contributed by atoms with Gasteiger partial charge in [-0.25, -0.2) is 4.98 Å². The number of Topliss-reactive ketones (excluding diaryl/α,β-unsaturated/α-hetero) is 1. The van der Waals surface area contributed by atoms with Crippen LogP contribution in [0.15, 0.2) is 114 Å². The molecule has 0 spiro atoms. The van der Waals surface area contributed by atoms with Crippen LogP contribution in [0.5, 0.6) is 0 Å². The van der Waals surface area contributed by atoms with E-state index in [0.717, 1.165) is 49.9 Å². The molecule has 7 rings (SSSR count). The number of ketones is 1. The first-order valence-corrected chi connectivity index (χ1v) is 14.4. The van der Waals surface area contributed by atoms with Crippen LogP contribution in [0.3, 0.4) is 0 Å². The van der Waals surface area contributed by atoms with Gasteiger partial charge >= 0.3 is 0 Å². The van der Waals surface area contributed by atoms with E-state index in [1.54, 1.807) is 6.20 Å². The Labute approximate surface area is 244 Å². The topological polar surface area (TPSA) is 76.0 Å². The summed E-state index contributed by atoms with van der Waals surface area (Å²) in [6.45, 7) is 3.90. The first-order chi connectivity index (χ1) is 20.4. The molecule has 2 unspecified atom stereocenters. The average molecular weight is 553 g/mol. The summed E-state index contributed by atoms with van der Waals surface area (Å²) >= 11 is 0. The van der Waals surface area contributed by atoms with Crippen LogP contribution in [0.4, 0.5) is 5.82 Å². The first-order valence-electron chi connectivity index (χ1n) is 14.4. The molecule has 3 aromatic carbocycles. The third kappa shape index (κ3) is 4.31. The number of allylic oxidation sites excluding steroid dienone is 3.